The van der Waals surface area contributed by atoms with E-state index in [0.717, 1.165) is 10.7 Å². The first-order valence-corrected chi connectivity index (χ1v) is 5.40. The minimum Gasteiger partial charge on any atom is -0.399 e. The second kappa shape index (κ2) is 4.92. The summed E-state index contributed by atoms with van der Waals surface area (Å²) in [5, 5.41) is 6.06. The largest absolute Gasteiger partial charge is 0.399 e. The average Bonchev–Trinajstić information content (AvgIpc) is 2.66. The number of carbonyl (C=O) groups is 1. The van der Waals surface area contributed by atoms with Crippen LogP contribution in [-0.4, -0.2) is 20.3 Å². The van der Waals surface area contributed by atoms with E-state index in [4.69, 9.17) is 5.73 Å². The Kier molecular flexibility index (Phi) is 3.32. The summed E-state index contributed by atoms with van der Waals surface area (Å²) in [4.78, 5) is 23.1. The van der Waals surface area contributed by atoms with E-state index in [9.17, 15) is 14.0 Å². The summed E-state index contributed by atoms with van der Waals surface area (Å²) in [6.07, 6.45) is 1.29. The highest BCUT2D eigenvalue weighted by Gasteiger charge is 2.10. The Hall–Kier alpha value is -2.64. The highest BCUT2D eigenvalue weighted by atomic mass is 19.1. The van der Waals surface area contributed by atoms with Crippen LogP contribution in [0.5, 0.6) is 0 Å². The Morgan fingerprint density at radius 1 is 1.53 bits per heavy atom. The summed E-state index contributed by atoms with van der Waals surface area (Å²) in [6, 6.07) is 3.83. The minimum absolute atomic E-state index is 0.0334. The van der Waals surface area contributed by atoms with Gasteiger partial charge in [0.2, 0.25) is 5.91 Å². The van der Waals surface area contributed by atoms with Crippen LogP contribution in [0.1, 0.15) is 0 Å². The van der Waals surface area contributed by atoms with Crippen LogP contribution < -0.4 is 16.7 Å². The molecule has 0 saturated heterocycles. The van der Waals surface area contributed by atoms with Gasteiger partial charge in [0.1, 0.15) is 18.7 Å². The maximum Gasteiger partial charge on any atom is 0.345 e. The first-order chi connectivity index (χ1) is 8.97. The Bertz CT molecular complexity index is 676. The van der Waals surface area contributed by atoms with E-state index in [1.54, 1.807) is 0 Å². The molecule has 0 aliphatic carbocycles. The molecule has 0 saturated carbocycles. The van der Waals surface area contributed by atoms with E-state index in [0.29, 0.717) is 5.69 Å². The molecule has 1 aromatic heterocycles. The van der Waals surface area contributed by atoms with Crippen molar-refractivity contribution in [2.45, 2.75) is 6.54 Å². The van der Waals surface area contributed by atoms with Crippen molar-refractivity contribution >= 4 is 17.3 Å². The molecular formula is C11H12FN5O2. The molecule has 8 heteroatoms. The number of halogens is 1. The lowest BCUT2D eigenvalue weighted by atomic mass is 10.2. The third-order valence-corrected chi connectivity index (χ3v) is 2.44. The number of carbonyl (C=O) groups excluding carboxylic acids is 1. The molecule has 100 valence electrons. The third kappa shape index (κ3) is 2.79. The number of benzene rings is 1. The lowest BCUT2D eigenvalue weighted by Gasteiger charge is -2.06. The van der Waals surface area contributed by atoms with E-state index >= 15 is 0 Å². The van der Waals surface area contributed by atoms with Crippen molar-refractivity contribution in [1.29, 1.82) is 0 Å². The molecule has 7 nitrogen and oxygen atoms in total. The van der Waals surface area contributed by atoms with Crippen LogP contribution in [0.25, 0.3) is 0 Å². The molecule has 0 radical (unpaired) electrons. The maximum atomic E-state index is 13.4. The van der Waals surface area contributed by atoms with Gasteiger partial charge in [0.15, 0.2) is 0 Å². The Balaban J connectivity index is 2.12. The molecule has 19 heavy (non-hydrogen) atoms. The monoisotopic (exact) mass is 265 g/mol. The van der Waals surface area contributed by atoms with Crippen LogP contribution in [0.15, 0.2) is 29.3 Å². The number of aryl methyl sites for hydroxylation is 1. The number of nitrogens with one attached hydrogen (secondary N) is 1. The molecule has 0 atom stereocenters. The van der Waals surface area contributed by atoms with Gasteiger partial charge in [-0.25, -0.2) is 13.9 Å². The SMILES string of the molecule is Cn1cnn(CC(=O)Nc2cc(N)ccc2F)c1=O. The van der Waals surface area contributed by atoms with Crippen LogP contribution in [0.3, 0.4) is 0 Å². The van der Waals surface area contributed by atoms with E-state index in [-0.39, 0.29) is 12.2 Å². The van der Waals surface area contributed by atoms with Gasteiger partial charge in [-0.3, -0.25) is 9.36 Å². The maximum absolute atomic E-state index is 13.4. The van der Waals surface area contributed by atoms with Crippen molar-refractivity contribution in [1.82, 2.24) is 14.3 Å². The fourth-order valence-electron chi connectivity index (χ4n) is 1.49. The van der Waals surface area contributed by atoms with Gasteiger partial charge in [-0.15, -0.1) is 0 Å². The topological polar surface area (TPSA) is 94.9 Å². The van der Waals surface area contributed by atoms with E-state index in [1.165, 1.54) is 30.1 Å². The number of amides is 1. The summed E-state index contributed by atoms with van der Waals surface area (Å²) >= 11 is 0. The summed E-state index contributed by atoms with van der Waals surface area (Å²) in [5.41, 5.74) is 5.36. The Morgan fingerprint density at radius 3 is 2.89 bits per heavy atom. The number of hydrogen-bond acceptors (Lipinski definition) is 4. The molecule has 2 aromatic rings. The lowest BCUT2D eigenvalue weighted by Crippen LogP contribution is -2.29. The highest BCUT2D eigenvalue weighted by molar-refractivity contribution is 5.91. The van der Waals surface area contributed by atoms with Gasteiger partial charge in [0.05, 0.1) is 5.69 Å². The molecule has 0 spiro atoms. The van der Waals surface area contributed by atoms with Gasteiger partial charge in [0, 0.05) is 12.7 Å². The molecule has 0 fully saturated rings. The van der Waals surface area contributed by atoms with Crippen molar-refractivity contribution < 1.29 is 9.18 Å². The predicted molar refractivity (Wildman–Crippen MR) is 66.9 cm³/mol. The van der Waals surface area contributed by atoms with Crippen LogP contribution in [0.2, 0.25) is 0 Å². The number of anilines is 2. The zero-order chi connectivity index (χ0) is 14.0. The standard InChI is InChI=1S/C11H12FN5O2/c1-16-6-14-17(11(16)19)5-10(18)15-9-4-7(13)2-3-8(9)12/h2-4,6H,5,13H2,1H3,(H,15,18). The summed E-state index contributed by atoms with van der Waals surface area (Å²) < 4.78 is 15.6. The Labute approximate surface area is 107 Å². The van der Waals surface area contributed by atoms with E-state index in [2.05, 4.69) is 10.4 Å². The number of rotatable bonds is 3. The fourth-order valence-corrected chi connectivity index (χ4v) is 1.49. The lowest BCUT2D eigenvalue weighted by molar-refractivity contribution is -0.117. The molecule has 3 N–H and O–H groups in total. The Morgan fingerprint density at radius 2 is 2.26 bits per heavy atom. The van der Waals surface area contributed by atoms with E-state index in [1.807, 2.05) is 0 Å². The van der Waals surface area contributed by atoms with Crippen LogP contribution in [0, 0.1) is 5.82 Å². The van der Waals surface area contributed by atoms with Gasteiger partial charge in [-0.05, 0) is 18.2 Å². The van der Waals surface area contributed by atoms with Gasteiger partial charge >= 0.3 is 5.69 Å². The van der Waals surface area contributed by atoms with Crippen LogP contribution in [0.4, 0.5) is 15.8 Å². The van der Waals surface area contributed by atoms with E-state index < -0.39 is 17.4 Å². The predicted octanol–water partition coefficient (Wildman–Crippen LogP) is -0.0582. The molecule has 0 aliphatic rings. The molecule has 1 aromatic carbocycles. The zero-order valence-electron chi connectivity index (χ0n) is 10.1. The number of nitrogen functional groups attached to an aromatic ring is 1. The minimum atomic E-state index is -0.601. The fraction of sp³-hybridized carbons (Fsp3) is 0.182. The van der Waals surface area contributed by atoms with Gasteiger partial charge in [0.25, 0.3) is 0 Å². The summed E-state index contributed by atoms with van der Waals surface area (Å²) in [7, 11) is 1.52. The van der Waals surface area contributed by atoms with Crippen LogP contribution >= 0.6 is 0 Å². The third-order valence-electron chi connectivity index (χ3n) is 2.44. The summed E-state index contributed by atoms with van der Waals surface area (Å²) in [6.45, 7) is -0.298. The first-order valence-electron chi connectivity index (χ1n) is 5.40. The zero-order valence-corrected chi connectivity index (χ0v) is 10.1. The first kappa shape index (κ1) is 12.8. The van der Waals surface area contributed by atoms with Gasteiger partial charge < -0.3 is 11.1 Å². The molecule has 1 heterocycles. The second-order valence-electron chi connectivity index (χ2n) is 3.97. The summed E-state index contributed by atoms with van der Waals surface area (Å²) in [5.74, 6) is -1.17. The number of nitrogens with two attached hydrogens (primary N) is 1. The van der Waals surface area contributed by atoms with Crippen molar-refractivity contribution in [2.24, 2.45) is 7.05 Å². The van der Waals surface area contributed by atoms with Gasteiger partial charge in [-0.1, -0.05) is 0 Å². The van der Waals surface area contributed by atoms with Crippen molar-refractivity contribution in [3.05, 3.63) is 40.8 Å². The molecule has 0 unspecified atom stereocenters. The molecule has 2 rings (SSSR count). The molecular weight excluding hydrogens is 253 g/mol. The smallest absolute Gasteiger partial charge is 0.345 e. The van der Waals surface area contributed by atoms with Crippen molar-refractivity contribution in [3.8, 4) is 0 Å². The molecule has 1 amide bonds. The van der Waals surface area contributed by atoms with Crippen molar-refractivity contribution in [2.75, 3.05) is 11.1 Å². The average molecular weight is 265 g/mol. The second-order valence-corrected chi connectivity index (χ2v) is 3.97. The van der Waals surface area contributed by atoms with Crippen LogP contribution in [-0.2, 0) is 18.4 Å². The van der Waals surface area contributed by atoms with Gasteiger partial charge in [-0.2, -0.15) is 5.10 Å². The number of hydrogen-bond donors (Lipinski definition) is 2. The number of nitrogens with zero attached hydrogens (tertiary/aromatic N) is 3. The quantitative estimate of drug-likeness (QED) is 0.760. The molecule has 0 aliphatic heterocycles. The number of aromatic nitrogens is 3. The normalized spacial score (nSPS) is 10.4. The molecule has 0 bridgehead atoms. The van der Waals surface area contributed by atoms with Crippen molar-refractivity contribution in [3.63, 3.8) is 0 Å². The highest BCUT2D eigenvalue weighted by Crippen LogP contribution is 2.17.